The fraction of sp³-hybridized carbons (Fsp3) is 0.304. The summed E-state index contributed by atoms with van der Waals surface area (Å²) in [6.07, 6.45) is 7.67. The van der Waals surface area contributed by atoms with Crippen LogP contribution in [-0.4, -0.2) is 49.0 Å². The van der Waals surface area contributed by atoms with Crippen molar-refractivity contribution in [1.82, 2.24) is 0 Å². The van der Waals surface area contributed by atoms with Crippen LogP contribution >= 0.6 is 0 Å². The molecular weight excluding hydrogens is 679 g/mol. The Hall–Kier alpha value is -5.76. The molecule has 54 heavy (non-hydrogen) atoms. The van der Waals surface area contributed by atoms with Gasteiger partial charge in [0.2, 0.25) is 0 Å². The standard InChI is InChI=1S/C46H45NO7/c1-45(2)37-15-9-8-14-33(37)41-35-26-38(47-24-10-5-11-25-47)39(52-3)27-36(35)43-34(42(41)45)22-23-46(54-43,30-12-6-4-7-13-30)31-17-19-32(20-18-31)53-28-29(44(50)51)16-21-40(48)49/h4,6-9,12-15,17-20,22-23,26-27,29H,5,10-11,16,21,24-25,28H2,1-3H3,(H,48,49)(H,50,51). The summed E-state index contributed by atoms with van der Waals surface area (Å²) in [5.74, 6) is -0.949. The number of nitrogens with zero attached hydrogens (tertiary/aromatic N) is 1. The van der Waals surface area contributed by atoms with Crippen molar-refractivity contribution in [3.05, 3.63) is 125 Å². The monoisotopic (exact) mass is 723 g/mol. The minimum Gasteiger partial charge on any atom is -0.495 e. The zero-order valence-electron chi connectivity index (χ0n) is 30.9. The van der Waals surface area contributed by atoms with E-state index in [1.807, 2.05) is 42.5 Å². The smallest absolute Gasteiger partial charge is 0.309 e. The third-order valence-electron chi connectivity index (χ3n) is 11.5. The molecule has 2 aliphatic heterocycles. The van der Waals surface area contributed by atoms with Crippen LogP contribution in [0.3, 0.4) is 0 Å². The average Bonchev–Trinajstić information content (AvgIpc) is 3.44. The van der Waals surface area contributed by atoms with Gasteiger partial charge < -0.3 is 29.3 Å². The zero-order valence-corrected chi connectivity index (χ0v) is 30.9. The number of carboxylic acids is 2. The molecular formula is C46H45NO7. The first-order valence-electron chi connectivity index (χ1n) is 18.8. The van der Waals surface area contributed by atoms with Gasteiger partial charge in [0.05, 0.1) is 18.7 Å². The summed E-state index contributed by atoms with van der Waals surface area (Å²) in [7, 11) is 1.75. The molecule has 5 aromatic carbocycles. The number of anilines is 1. The average molecular weight is 724 g/mol. The Balaban J connectivity index is 1.28. The molecule has 1 aliphatic carbocycles. The highest BCUT2D eigenvalue weighted by atomic mass is 16.5. The van der Waals surface area contributed by atoms with E-state index in [0.29, 0.717) is 5.75 Å². The lowest BCUT2D eigenvalue weighted by molar-refractivity contribution is -0.143. The SMILES string of the molecule is COc1cc2c3c(c4c(c2cc1N1CCCCC1)-c1ccccc1C4(C)C)C=CC(c1ccccc1)(c1ccc(OCC(CCC(=O)O)C(=O)O)cc1)O3. The van der Waals surface area contributed by atoms with Crippen LogP contribution in [-0.2, 0) is 20.6 Å². The Morgan fingerprint density at radius 2 is 1.57 bits per heavy atom. The lowest BCUT2D eigenvalue weighted by atomic mass is 9.76. The number of hydrogen-bond acceptors (Lipinski definition) is 6. The van der Waals surface area contributed by atoms with Gasteiger partial charge in [0.25, 0.3) is 0 Å². The molecule has 1 fully saturated rings. The first-order valence-corrected chi connectivity index (χ1v) is 18.8. The number of rotatable bonds is 11. The van der Waals surface area contributed by atoms with Gasteiger partial charge in [-0.15, -0.1) is 0 Å². The zero-order chi connectivity index (χ0) is 37.6. The number of piperidine rings is 1. The van der Waals surface area contributed by atoms with E-state index in [9.17, 15) is 14.7 Å². The molecule has 5 aromatic rings. The summed E-state index contributed by atoms with van der Waals surface area (Å²) < 4.78 is 19.5. The first kappa shape index (κ1) is 35.3. The molecule has 0 radical (unpaired) electrons. The number of fused-ring (bicyclic) bond motifs is 8. The van der Waals surface area contributed by atoms with Crippen LogP contribution in [0, 0.1) is 5.92 Å². The van der Waals surface area contributed by atoms with Crippen molar-refractivity contribution in [2.75, 3.05) is 31.7 Å². The van der Waals surface area contributed by atoms with Crippen LogP contribution in [0.25, 0.3) is 28.0 Å². The fourth-order valence-corrected chi connectivity index (χ4v) is 8.74. The van der Waals surface area contributed by atoms with Crippen molar-refractivity contribution in [3.63, 3.8) is 0 Å². The van der Waals surface area contributed by atoms with Gasteiger partial charge in [-0.25, -0.2) is 0 Å². The van der Waals surface area contributed by atoms with Crippen molar-refractivity contribution in [3.8, 4) is 28.4 Å². The molecule has 8 rings (SSSR count). The van der Waals surface area contributed by atoms with E-state index in [0.717, 1.165) is 70.6 Å². The topological polar surface area (TPSA) is 106 Å². The van der Waals surface area contributed by atoms with Crippen molar-refractivity contribution < 1.29 is 34.0 Å². The third kappa shape index (κ3) is 5.94. The van der Waals surface area contributed by atoms with Gasteiger partial charge >= 0.3 is 11.9 Å². The van der Waals surface area contributed by atoms with Crippen LogP contribution in [0.2, 0.25) is 0 Å². The van der Waals surface area contributed by atoms with Crippen molar-refractivity contribution in [1.29, 1.82) is 0 Å². The quantitative estimate of drug-likeness (QED) is 0.139. The van der Waals surface area contributed by atoms with Crippen molar-refractivity contribution in [2.24, 2.45) is 5.92 Å². The lowest BCUT2D eigenvalue weighted by Gasteiger charge is -2.39. The Morgan fingerprint density at radius 1 is 0.870 bits per heavy atom. The molecule has 2 unspecified atom stereocenters. The number of hydrogen-bond donors (Lipinski definition) is 2. The summed E-state index contributed by atoms with van der Waals surface area (Å²) in [5.41, 5.74) is 7.73. The van der Waals surface area contributed by atoms with Crippen molar-refractivity contribution >= 4 is 34.5 Å². The summed E-state index contributed by atoms with van der Waals surface area (Å²) in [6.45, 7) is 6.47. The summed E-state index contributed by atoms with van der Waals surface area (Å²) >= 11 is 0. The summed E-state index contributed by atoms with van der Waals surface area (Å²) in [5, 5.41) is 20.8. The Morgan fingerprint density at radius 3 is 2.28 bits per heavy atom. The van der Waals surface area contributed by atoms with Gasteiger partial charge in [0.15, 0.2) is 5.60 Å². The molecule has 3 aliphatic rings. The van der Waals surface area contributed by atoms with E-state index in [2.05, 4.69) is 79.4 Å². The van der Waals surface area contributed by atoms with E-state index in [1.54, 1.807) is 7.11 Å². The third-order valence-corrected chi connectivity index (χ3v) is 11.5. The highest BCUT2D eigenvalue weighted by molar-refractivity contribution is 6.10. The molecule has 2 N–H and O–H groups in total. The predicted molar refractivity (Wildman–Crippen MR) is 211 cm³/mol. The molecule has 0 spiro atoms. The van der Waals surface area contributed by atoms with Crippen LogP contribution in [0.1, 0.15) is 73.8 Å². The van der Waals surface area contributed by atoms with Crippen LogP contribution in [0.15, 0.2) is 97.1 Å². The van der Waals surface area contributed by atoms with Crippen LogP contribution < -0.4 is 19.1 Å². The van der Waals surface area contributed by atoms with Crippen LogP contribution in [0.4, 0.5) is 5.69 Å². The fourth-order valence-electron chi connectivity index (χ4n) is 8.74. The molecule has 8 nitrogen and oxygen atoms in total. The number of ether oxygens (including phenoxy) is 3. The molecule has 0 amide bonds. The van der Waals surface area contributed by atoms with Gasteiger partial charge in [-0.3, -0.25) is 9.59 Å². The number of benzene rings is 5. The number of carboxylic acid groups (broad SMARTS) is 2. The molecule has 276 valence electrons. The number of aliphatic carboxylic acids is 2. The van der Waals surface area contributed by atoms with Gasteiger partial charge in [0.1, 0.15) is 23.9 Å². The van der Waals surface area contributed by atoms with Crippen molar-refractivity contribution in [2.45, 2.75) is 57.0 Å². The molecule has 0 saturated carbocycles. The minimum absolute atomic E-state index is 0.0121. The Labute approximate surface area is 315 Å². The van der Waals surface area contributed by atoms with Gasteiger partial charge in [-0.05, 0) is 83.7 Å². The number of carbonyl (C=O) groups is 2. The summed E-state index contributed by atoms with van der Waals surface area (Å²) in [6, 6.07) is 31.0. The Kier molecular flexibility index (Phi) is 9.08. The van der Waals surface area contributed by atoms with Gasteiger partial charge in [-0.1, -0.05) is 86.7 Å². The highest BCUT2D eigenvalue weighted by Gasteiger charge is 2.44. The molecule has 1 saturated heterocycles. The minimum atomic E-state index is -1.08. The second-order valence-electron chi connectivity index (χ2n) is 15.1. The molecule has 0 bridgehead atoms. The lowest BCUT2D eigenvalue weighted by Crippen LogP contribution is -2.35. The van der Waals surface area contributed by atoms with E-state index < -0.39 is 23.5 Å². The first-order chi connectivity index (χ1) is 26.1. The second-order valence-corrected chi connectivity index (χ2v) is 15.1. The van der Waals surface area contributed by atoms with Crippen LogP contribution in [0.5, 0.6) is 17.2 Å². The van der Waals surface area contributed by atoms with E-state index in [4.69, 9.17) is 19.3 Å². The van der Waals surface area contributed by atoms with E-state index in [-0.39, 0.29) is 24.9 Å². The normalized spacial score (nSPS) is 18.6. The maximum Gasteiger partial charge on any atom is 0.309 e. The Bertz CT molecular complexity index is 2270. The number of methoxy groups -OCH3 is 1. The van der Waals surface area contributed by atoms with Gasteiger partial charge in [-0.2, -0.15) is 0 Å². The largest absolute Gasteiger partial charge is 0.495 e. The van der Waals surface area contributed by atoms with E-state index >= 15 is 0 Å². The maximum absolute atomic E-state index is 11.8. The van der Waals surface area contributed by atoms with Gasteiger partial charge in [0, 0.05) is 47.0 Å². The predicted octanol–water partition coefficient (Wildman–Crippen LogP) is 9.44. The highest BCUT2D eigenvalue weighted by Crippen LogP contribution is 2.59. The summed E-state index contributed by atoms with van der Waals surface area (Å²) in [4.78, 5) is 25.3. The molecule has 0 aromatic heterocycles. The molecule has 2 heterocycles. The molecule has 2 atom stereocenters. The maximum atomic E-state index is 11.8. The molecule has 8 heteroatoms. The second kappa shape index (κ2) is 13.9. The van der Waals surface area contributed by atoms with E-state index in [1.165, 1.54) is 28.7 Å².